The minimum atomic E-state index is -0.169. The molecule has 0 radical (unpaired) electrons. The summed E-state index contributed by atoms with van der Waals surface area (Å²) in [5.41, 5.74) is 1.81. The van der Waals surface area contributed by atoms with Gasteiger partial charge in [-0.3, -0.25) is 9.59 Å². The second-order valence-electron chi connectivity index (χ2n) is 6.88. The van der Waals surface area contributed by atoms with E-state index < -0.39 is 0 Å². The largest absolute Gasteiger partial charge is 0.356 e. The molecule has 0 saturated carbocycles. The van der Waals surface area contributed by atoms with Crippen molar-refractivity contribution in [1.82, 2.24) is 20.0 Å². The third-order valence-corrected chi connectivity index (χ3v) is 5.20. The lowest BCUT2D eigenvalue weighted by Gasteiger charge is -2.32. The topological polar surface area (TPSA) is 67.2 Å². The molecular formula is C20H25ClN4O2. The van der Waals surface area contributed by atoms with E-state index in [0.717, 1.165) is 24.9 Å². The molecule has 1 aliphatic heterocycles. The van der Waals surface area contributed by atoms with Crippen LogP contribution in [0.5, 0.6) is 0 Å². The smallest absolute Gasteiger partial charge is 0.258 e. The van der Waals surface area contributed by atoms with Gasteiger partial charge in [0.15, 0.2) is 0 Å². The van der Waals surface area contributed by atoms with E-state index in [4.69, 9.17) is 11.6 Å². The van der Waals surface area contributed by atoms with Crippen molar-refractivity contribution in [3.63, 3.8) is 0 Å². The monoisotopic (exact) mass is 388 g/mol. The van der Waals surface area contributed by atoms with Gasteiger partial charge in [0.1, 0.15) is 5.15 Å². The van der Waals surface area contributed by atoms with Gasteiger partial charge in [-0.05, 0) is 38.3 Å². The molecule has 1 saturated heterocycles. The Morgan fingerprint density at radius 2 is 2.04 bits per heavy atom. The van der Waals surface area contributed by atoms with Gasteiger partial charge >= 0.3 is 0 Å². The van der Waals surface area contributed by atoms with E-state index in [2.05, 4.69) is 10.4 Å². The molecule has 0 spiro atoms. The van der Waals surface area contributed by atoms with Crippen molar-refractivity contribution in [2.45, 2.75) is 33.1 Å². The molecule has 1 fully saturated rings. The molecule has 2 amide bonds. The third kappa shape index (κ3) is 4.16. The first-order chi connectivity index (χ1) is 13.0. The molecule has 27 heavy (non-hydrogen) atoms. The first-order valence-corrected chi connectivity index (χ1v) is 9.78. The Labute approximate surface area is 164 Å². The van der Waals surface area contributed by atoms with Gasteiger partial charge in [-0.1, -0.05) is 36.7 Å². The molecule has 0 aliphatic carbocycles. The van der Waals surface area contributed by atoms with E-state index in [9.17, 15) is 9.59 Å². The number of nitrogens with zero attached hydrogens (tertiary/aromatic N) is 3. The fourth-order valence-electron chi connectivity index (χ4n) is 3.41. The van der Waals surface area contributed by atoms with E-state index in [-0.39, 0.29) is 17.7 Å². The Bertz CT molecular complexity index is 819. The lowest BCUT2D eigenvalue weighted by molar-refractivity contribution is -0.126. The second-order valence-corrected chi connectivity index (χ2v) is 7.24. The van der Waals surface area contributed by atoms with Crippen LogP contribution in [0.1, 0.15) is 42.2 Å². The lowest BCUT2D eigenvalue weighted by Crippen LogP contribution is -2.45. The number of halogens is 1. The van der Waals surface area contributed by atoms with E-state index in [0.29, 0.717) is 36.0 Å². The summed E-state index contributed by atoms with van der Waals surface area (Å²) < 4.78 is 1.58. The molecule has 1 aromatic carbocycles. The van der Waals surface area contributed by atoms with Crippen molar-refractivity contribution < 1.29 is 9.59 Å². The minimum absolute atomic E-state index is 0.0251. The first kappa shape index (κ1) is 19.4. The van der Waals surface area contributed by atoms with Crippen LogP contribution in [0.3, 0.4) is 0 Å². The van der Waals surface area contributed by atoms with Crippen LogP contribution in [-0.2, 0) is 4.79 Å². The zero-order chi connectivity index (χ0) is 19.4. The lowest BCUT2D eigenvalue weighted by atomic mass is 9.96. The summed E-state index contributed by atoms with van der Waals surface area (Å²) in [5.74, 6) is -0.303. The van der Waals surface area contributed by atoms with Crippen molar-refractivity contribution in [3.05, 3.63) is 46.7 Å². The molecule has 144 valence electrons. The van der Waals surface area contributed by atoms with E-state index >= 15 is 0 Å². The Hall–Kier alpha value is -2.34. The molecule has 1 atom stereocenters. The summed E-state index contributed by atoms with van der Waals surface area (Å²) in [7, 11) is 0. The van der Waals surface area contributed by atoms with Crippen LogP contribution in [0.2, 0.25) is 5.15 Å². The fourth-order valence-corrected chi connectivity index (χ4v) is 3.76. The molecule has 0 bridgehead atoms. The van der Waals surface area contributed by atoms with Crippen LogP contribution in [0.25, 0.3) is 5.69 Å². The van der Waals surface area contributed by atoms with E-state index in [1.54, 1.807) is 16.5 Å². The van der Waals surface area contributed by atoms with Gasteiger partial charge in [-0.15, -0.1) is 0 Å². The predicted octanol–water partition coefficient (Wildman–Crippen LogP) is 3.21. The van der Waals surface area contributed by atoms with Crippen LogP contribution < -0.4 is 5.32 Å². The van der Waals surface area contributed by atoms with Crippen LogP contribution in [-0.4, -0.2) is 46.1 Å². The summed E-state index contributed by atoms with van der Waals surface area (Å²) in [6.45, 7) is 5.52. The SMILES string of the molecule is CCCNC(=O)C1CCCN(C(=O)c2c(C)nn(-c3ccccc3)c2Cl)C1. The normalized spacial score (nSPS) is 17.0. The summed E-state index contributed by atoms with van der Waals surface area (Å²) in [6.07, 6.45) is 2.50. The third-order valence-electron chi connectivity index (χ3n) is 4.85. The Balaban J connectivity index is 1.80. The molecule has 7 heteroatoms. The molecule has 2 aromatic rings. The van der Waals surface area contributed by atoms with Crippen LogP contribution in [0, 0.1) is 12.8 Å². The fraction of sp³-hybridized carbons (Fsp3) is 0.450. The van der Waals surface area contributed by atoms with Crippen LogP contribution >= 0.6 is 11.6 Å². The quantitative estimate of drug-likeness (QED) is 0.855. The average Bonchev–Trinajstić information content (AvgIpc) is 3.00. The zero-order valence-electron chi connectivity index (χ0n) is 15.7. The highest BCUT2D eigenvalue weighted by Crippen LogP contribution is 2.27. The van der Waals surface area contributed by atoms with Gasteiger partial charge < -0.3 is 10.2 Å². The number of likely N-dealkylation sites (tertiary alicyclic amines) is 1. The number of carbonyl (C=O) groups excluding carboxylic acids is 2. The molecule has 2 heterocycles. The van der Waals surface area contributed by atoms with Gasteiger partial charge in [-0.25, -0.2) is 4.68 Å². The van der Waals surface area contributed by atoms with Crippen molar-refractivity contribution in [1.29, 1.82) is 0 Å². The molecule has 1 unspecified atom stereocenters. The number of carbonyl (C=O) groups is 2. The molecule has 6 nitrogen and oxygen atoms in total. The summed E-state index contributed by atoms with van der Waals surface area (Å²) in [6, 6.07) is 9.49. The maximum absolute atomic E-state index is 13.1. The summed E-state index contributed by atoms with van der Waals surface area (Å²) in [5, 5.41) is 7.69. The molecular weight excluding hydrogens is 364 g/mol. The van der Waals surface area contributed by atoms with Crippen molar-refractivity contribution in [2.24, 2.45) is 5.92 Å². The number of piperidine rings is 1. The van der Waals surface area contributed by atoms with Crippen molar-refractivity contribution in [3.8, 4) is 5.69 Å². The number of aromatic nitrogens is 2. The van der Waals surface area contributed by atoms with E-state index in [1.807, 2.05) is 37.3 Å². The number of para-hydroxylation sites is 1. The predicted molar refractivity (Wildman–Crippen MR) is 105 cm³/mol. The van der Waals surface area contributed by atoms with Gasteiger partial charge in [0, 0.05) is 19.6 Å². The number of amides is 2. The number of benzene rings is 1. The molecule has 3 rings (SSSR count). The zero-order valence-corrected chi connectivity index (χ0v) is 16.5. The van der Waals surface area contributed by atoms with Crippen molar-refractivity contribution in [2.75, 3.05) is 19.6 Å². The van der Waals surface area contributed by atoms with E-state index in [1.165, 1.54) is 0 Å². The number of hydrogen-bond donors (Lipinski definition) is 1. The number of rotatable bonds is 5. The highest BCUT2D eigenvalue weighted by atomic mass is 35.5. The average molecular weight is 389 g/mol. The Morgan fingerprint density at radius 3 is 2.74 bits per heavy atom. The highest BCUT2D eigenvalue weighted by molar-refractivity contribution is 6.33. The van der Waals surface area contributed by atoms with Gasteiger partial charge in [-0.2, -0.15) is 5.10 Å². The summed E-state index contributed by atoms with van der Waals surface area (Å²) in [4.78, 5) is 27.1. The van der Waals surface area contributed by atoms with Gasteiger partial charge in [0.25, 0.3) is 5.91 Å². The van der Waals surface area contributed by atoms with Crippen LogP contribution in [0.15, 0.2) is 30.3 Å². The molecule has 1 N–H and O–H groups in total. The number of hydrogen-bond acceptors (Lipinski definition) is 3. The van der Waals surface area contributed by atoms with Crippen molar-refractivity contribution >= 4 is 23.4 Å². The second kappa shape index (κ2) is 8.57. The van der Waals surface area contributed by atoms with Gasteiger partial charge in [0.05, 0.1) is 22.9 Å². The highest BCUT2D eigenvalue weighted by Gasteiger charge is 2.31. The number of nitrogens with one attached hydrogen (secondary N) is 1. The first-order valence-electron chi connectivity index (χ1n) is 9.40. The maximum Gasteiger partial charge on any atom is 0.258 e. The Kier molecular flexibility index (Phi) is 6.16. The van der Waals surface area contributed by atoms with Crippen LogP contribution in [0.4, 0.5) is 0 Å². The number of aryl methyl sites for hydroxylation is 1. The molecule has 1 aromatic heterocycles. The maximum atomic E-state index is 13.1. The minimum Gasteiger partial charge on any atom is -0.356 e. The van der Waals surface area contributed by atoms with Gasteiger partial charge in [0.2, 0.25) is 5.91 Å². The standard InChI is InChI=1S/C20H25ClN4O2/c1-3-11-22-19(26)15-8-7-12-24(13-15)20(27)17-14(2)23-25(18(17)21)16-9-5-4-6-10-16/h4-6,9-10,15H,3,7-8,11-13H2,1-2H3,(H,22,26). The Morgan fingerprint density at radius 1 is 1.30 bits per heavy atom. The summed E-state index contributed by atoms with van der Waals surface area (Å²) >= 11 is 6.52. The molecule has 1 aliphatic rings.